The van der Waals surface area contributed by atoms with Gasteiger partial charge in [0.05, 0.1) is 24.2 Å². The number of furan rings is 1. The summed E-state index contributed by atoms with van der Waals surface area (Å²) >= 11 is 6.06. The molecule has 4 aromatic rings. The lowest BCUT2D eigenvalue weighted by Gasteiger charge is -2.22. The fourth-order valence-corrected chi connectivity index (χ4v) is 6.62. The highest BCUT2D eigenvalue weighted by atomic mass is 35.5. The normalized spacial score (nSPS) is 14.6. The second-order valence-corrected chi connectivity index (χ2v) is 13.3. The molecular weight excluding hydrogens is 612 g/mol. The van der Waals surface area contributed by atoms with Crippen LogP contribution in [0, 0.1) is 20.8 Å². The van der Waals surface area contributed by atoms with Crippen LogP contribution in [0.15, 0.2) is 105 Å². The van der Waals surface area contributed by atoms with E-state index in [4.69, 9.17) is 20.8 Å². The highest BCUT2D eigenvalue weighted by Gasteiger charge is 2.38. The Morgan fingerprint density at radius 3 is 2.24 bits per heavy atom. The van der Waals surface area contributed by atoms with Crippen LogP contribution in [0.4, 0.5) is 5.69 Å². The molecule has 0 saturated heterocycles. The van der Waals surface area contributed by atoms with Crippen LogP contribution < -0.4 is 4.90 Å². The molecule has 0 unspecified atom stereocenters. The molecule has 5 rings (SSSR count). The fraction of sp³-hybridized carbons (Fsp3) is 0.200. The standard InChI is InChI=1S/C35H33ClN2O6S/c1-22-6-16-31(17-7-22)45(41,42)37(20-26-9-11-27(36)12-10-26)21-30-15-14-29(44-30)19-32-34(39)33(35(40)43-5)25(4)38(32)28-13-8-23(2)24(3)18-28/h6-19H,20-21H2,1-5H3/b32-19+. The predicted octanol–water partition coefficient (Wildman–Crippen LogP) is 7.13. The minimum absolute atomic E-state index is 0.0629. The Bertz CT molecular complexity index is 1940. The van der Waals surface area contributed by atoms with Crippen molar-refractivity contribution in [2.75, 3.05) is 12.0 Å². The van der Waals surface area contributed by atoms with Gasteiger partial charge in [0.15, 0.2) is 0 Å². The van der Waals surface area contributed by atoms with Crippen LogP contribution in [0.25, 0.3) is 6.08 Å². The molecule has 0 bridgehead atoms. The Morgan fingerprint density at radius 1 is 0.911 bits per heavy atom. The van der Waals surface area contributed by atoms with Gasteiger partial charge in [-0.3, -0.25) is 4.79 Å². The van der Waals surface area contributed by atoms with Crippen LogP contribution in [0.2, 0.25) is 5.02 Å². The second kappa shape index (κ2) is 12.9. The molecule has 1 aliphatic heterocycles. The van der Waals surface area contributed by atoms with Crippen molar-refractivity contribution in [3.63, 3.8) is 0 Å². The molecule has 45 heavy (non-hydrogen) atoms. The van der Waals surface area contributed by atoms with Crippen LogP contribution in [0.5, 0.6) is 0 Å². The van der Waals surface area contributed by atoms with Gasteiger partial charge in [-0.15, -0.1) is 0 Å². The number of esters is 1. The molecule has 0 N–H and O–H groups in total. The number of allylic oxidation sites excluding steroid dienone is 2. The summed E-state index contributed by atoms with van der Waals surface area (Å²) in [6.45, 7) is 7.56. The van der Waals surface area contributed by atoms with Gasteiger partial charge in [-0.1, -0.05) is 47.5 Å². The first-order chi connectivity index (χ1) is 21.4. The van der Waals surface area contributed by atoms with Crippen molar-refractivity contribution in [2.45, 2.75) is 45.7 Å². The molecule has 0 aliphatic carbocycles. The van der Waals surface area contributed by atoms with Crippen molar-refractivity contribution < 1.29 is 27.2 Å². The van der Waals surface area contributed by atoms with Gasteiger partial charge >= 0.3 is 5.97 Å². The molecule has 0 spiro atoms. The van der Waals surface area contributed by atoms with Gasteiger partial charge in [0.25, 0.3) is 0 Å². The quantitative estimate of drug-likeness (QED) is 0.109. The Balaban J connectivity index is 1.50. The number of hydrogen-bond donors (Lipinski definition) is 0. The van der Waals surface area contributed by atoms with E-state index in [1.807, 2.05) is 39.0 Å². The van der Waals surface area contributed by atoms with Crippen molar-refractivity contribution in [3.8, 4) is 0 Å². The van der Waals surface area contributed by atoms with Gasteiger partial charge in [-0.2, -0.15) is 4.31 Å². The Kier molecular flexibility index (Phi) is 9.16. The number of rotatable bonds is 9. The minimum Gasteiger partial charge on any atom is -0.465 e. The summed E-state index contributed by atoms with van der Waals surface area (Å²) in [4.78, 5) is 28.0. The van der Waals surface area contributed by atoms with Crippen molar-refractivity contribution in [2.24, 2.45) is 0 Å². The first-order valence-electron chi connectivity index (χ1n) is 14.2. The molecule has 2 heterocycles. The average Bonchev–Trinajstić information content (AvgIpc) is 3.55. The van der Waals surface area contributed by atoms with Crippen molar-refractivity contribution in [1.82, 2.24) is 4.31 Å². The van der Waals surface area contributed by atoms with E-state index in [0.717, 1.165) is 22.3 Å². The molecule has 0 atom stereocenters. The number of sulfonamides is 1. The van der Waals surface area contributed by atoms with E-state index in [2.05, 4.69) is 0 Å². The number of nitrogens with zero attached hydrogens (tertiary/aromatic N) is 2. The number of benzene rings is 3. The monoisotopic (exact) mass is 644 g/mol. The smallest absolute Gasteiger partial charge is 0.343 e. The van der Waals surface area contributed by atoms with Gasteiger partial charge in [-0.05, 0) is 92.9 Å². The van der Waals surface area contributed by atoms with Gasteiger partial charge < -0.3 is 14.1 Å². The van der Waals surface area contributed by atoms with E-state index in [9.17, 15) is 18.0 Å². The van der Waals surface area contributed by atoms with E-state index in [-0.39, 0.29) is 29.3 Å². The number of methoxy groups -OCH3 is 1. The lowest BCUT2D eigenvalue weighted by atomic mass is 10.1. The molecule has 0 fully saturated rings. The summed E-state index contributed by atoms with van der Waals surface area (Å²) < 4.78 is 40.0. The SMILES string of the molecule is COC(=O)C1=C(C)N(c2ccc(C)c(C)c2)/C(=C/c2ccc(CN(Cc3ccc(Cl)cc3)S(=O)(=O)c3ccc(C)cc3)o2)C1=O. The van der Waals surface area contributed by atoms with Crippen LogP contribution in [0.3, 0.4) is 0 Å². The third kappa shape index (κ3) is 6.66. The lowest BCUT2D eigenvalue weighted by molar-refractivity contribution is -0.137. The van der Waals surface area contributed by atoms with Crippen molar-refractivity contribution in [1.29, 1.82) is 0 Å². The summed E-state index contributed by atoms with van der Waals surface area (Å²) in [5.41, 5.74) is 5.10. The van der Waals surface area contributed by atoms with Crippen molar-refractivity contribution in [3.05, 3.63) is 135 Å². The fourth-order valence-electron chi connectivity index (χ4n) is 5.10. The maximum atomic E-state index is 13.8. The molecule has 8 nitrogen and oxygen atoms in total. The van der Waals surface area contributed by atoms with E-state index in [0.29, 0.717) is 27.9 Å². The van der Waals surface area contributed by atoms with Crippen LogP contribution in [-0.2, 0) is 37.4 Å². The van der Waals surface area contributed by atoms with Crippen molar-refractivity contribution >= 4 is 45.1 Å². The van der Waals surface area contributed by atoms with Crippen LogP contribution in [0.1, 0.15) is 40.7 Å². The molecular formula is C35H33ClN2O6S. The zero-order chi connectivity index (χ0) is 32.5. The number of carbonyl (C=O) groups is 2. The molecule has 1 aliphatic rings. The van der Waals surface area contributed by atoms with E-state index in [1.54, 1.807) is 78.6 Å². The molecule has 0 saturated carbocycles. The zero-order valence-electron chi connectivity index (χ0n) is 25.6. The number of ether oxygens (including phenoxy) is 1. The Morgan fingerprint density at radius 2 is 1.60 bits per heavy atom. The number of ketones is 1. The number of aryl methyl sites for hydroxylation is 3. The molecule has 0 radical (unpaired) electrons. The zero-order valence-corrected chi connectivity index (χ0v) is 27.2. The second-order valence-electron chi connectivity index (χ2n) is 10.9. The number of hydrogen-bond acceptors (Lipinski definition) is 7. The Labute approximate surface area is 268 Å². The molecule has 232 valence electrons. The first-order valence-corrected chi connectivity index (χ1v) is 16.0. The molecule has 10 heteroatoms. The third-order valence-electron chi connectivity index (χ3n) is 7.76. The predicted molar refractivity (Wildman–Crippen MR) is 174 cm³/mol. The summed E-state index contributed by atoms with van der Waals surface area (Å²) in [7, 11) is -2.69. The maximum absolute atomic E-state index is 13.8. The largest absolute Gasteiger partial charge is 0.465 e. The lowest BCUT2D eigenvalue weighted by Crippen LogP contribution is -2.30. The highest BCUT2D eigenvalue weighted by molar-refractivity contribution is 7.89. The van der Waals surface area contributed by atoms with Gasteiger partial charge in [-0.25, -0.2) is 13.2 Å². The molecule has 0 amide bonds. The topological polar surface area (TPSA) is 97.1 Å². The molecule has 3 aromatic carbocycles. The Hall–Kier alpha value is -4.44. The summed E-state index contributed by atoms with van der Waals surface area (Å²) in [5.74, 6) is -0.538. The number of anilines is 1. The summed E-state index contributed by atoms with van der Waals surface area (Å²) in [5, 5.41) is 0.548. The molecule has 1 aromatic heterocycles. The minimum atomic E-state index is -3.92. The number of halogens is 1. The van der Waals surface area contributed by atoms with E-state index in [1.165, 1.54) is 11.4 Å². The first kappa shape index (κ1) is 32.0. The number of carbonyl (C=O) groups excluding carboxylic acids is 2. The van der Waals surface area contributed by atoms with Gasteiger partial charge in [0, 0.05) is 29.0 Å². The van der Waals surface area contributed by atoms with Crippen LogP contribution >= 0.6 is 11.6 Å². The van der Waals surface area contributed by atoms with Crippen LogP contribution in [-0.4, -0.2) is 31.6 Å². The summed E-state index contributed by atoms with van der Waals surface area (Å²) in [6, 6.07) is 22.8. The van der Waals surface area contributed by atoms with E-state index < -0.39 is 21.8 Å². The third-order valence-corrected chi connectivity index (χ3v) is 9.82. The maximum Gasteiger partial charge on any atom is 0.343 e. The highest BCUT2D eigenvalue weighted by Crippen LogP contribution is 2.37. The van der Waals surface area contributed by atoms with E-state index >= 15 is 0 Å². The van der Waals surface area contributed by atoms with Gasteiger partial charge in [0.1, 0.15) is 17.1 Å². The summed E-state index contributed by atoms with van der Waals surface area (Å²) in [6.07, 6.45) is 1.55. The van der Waals surface area contributed by atoms with Gasteiger partial charge in [0.2, 0.25) is 15.8 Å². The number of Topliss-reactive ketones (excluding diaryl/α,β-unsaturated/α-hetero) is 1. The average molecular weight is 645 g/mol.